The zero-order valence-electron chi connectivity index (χ0n) is 16.2. The summed E-state index contributed by atoms with van der Waals surface area (Å²) < 4.78 is 0. The SMILES string of the molecule is CCCCCCCCCCCCCC(NCC(=O)NCC(=O)O)C(N)=O. The van der Waals surface area contributed by atoms with Gasteiger partial charge in [0.2, 0.25) is 11.8 Å². The highest BCUT2D eigenvalue weighted by atomic mass is 16.4. The molecule has 0 aromatic rings. The minimum atomic E-state index is -1.11. The molecule has 26 heavy (non-hydrogen) atoms. The standard InChI is InChI=1S/C19H37N3O4/c1-2-3-4-5-6-7-8-9-10-11-12-13-16(19(20)26)21-14-17(23)22-15-18(24)25/h16,21H,2-15H2,1H3,(H2,20,26)(H,22,23)(H,24,25). The second-order valence-corrected chi connectivity index (χ2v) is 6.83. The van der Waals surface area contributed by atoms with Gasteiger partial charge in [-0.1, -0.05) is 77.6 Å². The summed E-state index contributed by atoms with van der Waals surface area (Å²) in [6.45, 7) is 1.69. The van der Waals surface area contributed by atoms with Crippen LogP contribution in [-0.4, -0.2) is 42.0 Å². The van der Waals surface area contributed by atoms with Gasteiger partial charge < -0.3 is 16.2 Å². The molecule has 0 rings (SSSR count). The average molecular weight is 372 g/mol. The Bertz CT molecular complexity index is 402. The second kappa shape index (κ2) is 16.8. The van der Waals surface area contributed by atoms with E-state index >= 15 is 0 Å². The summed E-state index contributed by atoms with van der Waals surface area (Å²) in [5, 5.41) is 13.5. The van der Waals surface area contributed by atoms with E-state index < -0.39 is 30.4 Å². The molecule has 152 valence electrons. The number of hydrogen-bond donors (Lipinski definition) is 4. The van der Waals surface area contributed by atoms with Crippen molar-refractivity contribution < 1.29 is 19.5 Å². The molecule has 0 saturated carbocycles. The van der Waals surface area contributed by atoms with Crippen molar-refractivity contribution in [2.45, 2.75) is 90.0 Å². The maximum atomic E-state index is 11.4. The number of amides is 2. The molecular weight excluding hydrogens is 334 g/mol. The van der Waals surface area contributed by atoms with Crippen molar-refractivity contribution in [3.63, 3.8) is 0 Å². The fourth-order valence-corrected chi connectivity index (χ4v) is 2.81. The van der Waals surface area contributed by atoms with Crippen LogP contribution in [0.1, 0.15) is 84.0 Å². The highest BCUT2D eigenvalue weighted by Crippen LogP contribution is 2.12. The summed E-state index contributed by atoms with van der Waals surface area (Å²) in [7, 11) is 0. The number of nitrogens with two attached hydrogens (primary N) is 1. The molecule has 2 amide bonds. The number of unbranched alkanes of at least 4 members (excludes halogenated alkanes) is 10. The maximum absolute atomic E-state index is 11.4. The van der Waals surface area contributed by atoms with Gasteiger partial charge in [0.25, 0.3) is 0 Å². The van der Waals surface area contributed by atoms with Crippen LogP contribution in [0.2, 0.25) is 0 Å². The van der Waals surface area contributed by atoms with Gasteiger partial charge in [-0.25, -0.2) is 0 Å². The van der Waals surface area contributed by atoms with Crippen molar-refractivity contribution in [2.75, 3.05) is 13.1 Å². The molecular formula is C19H37N3O4. The normalized spacial score (nSPS) is 11.9. The maximum Gasteiger partial charge on any atom is 0.322 e. The first-order valence-corrected chi connectivity index (χ1v) is 9.98. The van der Waals surface area contributed by atoms with Gasteiger partial charge in [-0.05, 0) is 6.42 Å². The first-order chi connectivity index (χ1) is 12.5. The van der Waals surface area contributed by atoms with Gasteiger partial charge in [-0.3, -0.25) is 19.7 Å². The van der Waals surface area contributed by atoms with Crippen molar-refractivity contribution in [3.05, 3.63) is 0 Å². The van der Waals surface area contributed by atoms with E-state index in [0.29, 0.717) is 6.42 Å². The van der Waals surface area contributed by atoms with Gasteiger partial charge in [0.15, 0.2) is 0 Å². The Morgan fingerprint density at radius 2 is 1.35 bits per heavy atom. The number of aliphatic carboxylic acids is 1. The van der Waals surface area contributed by atoms with Crippen molar-refractivity contribution >= 4 is 17.8 Å². The molecule has 0 spiro atoms. The van der Waals surface area contributed by atoms with Gasteiger partial charge in [0.05, 0.1) is 12.6 Å². The summed E-state index contributed by atoms with van der Waals surface area (Å²) in [5.74, 6) is -2.05. The molecule has 0 aromatic carbocycles. The number of carbonyl (C=O) groups excluding carboxylic acids is 2. The van der Waals surface area contributed by atoms with Crippen molar-refractivity contribution in [3.8, 4) is 0 Å². The third-order valence-corrected chi connectivity index (χ3v) is 4.39. The fraction of sp³-hybridized carbons (Fsp3) is 0.842. The number of rotatable bonds is 18. The highest BCUT2D eigenvalue weighted by Gasteiger charge is 2.15. The van der Waals surface area contributed by atoms with Crippen LogP contribution in [0.4, 0.5) is 0 Å². The van der Waals surface area contributed by atoms with E-state index in [4.69, 9.17) is 10.8 Å². The van der Waals surface area contributed by atoms with E-state index in [-0.39, 0.29) is 6.54 Å². The van der Waals surface area contributed by atoms with Crippen LogP contribution >= 0.6 is 0 Å². The largest absolute Gasteiger partial charge is 0.480 e. The van der Waals surface area contributed by atoms with Gasteiger partial charge in [-0.15, -0.1) is 0 Å². The summed E-state index contributed by atoms with van der Waals surface area (Å²) in [5.41, 5.74) is 5.35. The van der Waals surface area contributed by atoms with Crippen LogP contribution in [0.25, 0.3) is 0 Å². The third-order valence-electron chi connectivity index (χ3n) is 4.39. The second-order valence-electron chi connectivity index (χ2n) is 6.83. The first-order valence-electron chi connectivity index (χ1n) is 9.98. The number of carboxylic acids is 1. The molecule has 1 atom stereocenters. The lowest BCUT2D eigenvalue weighted by Crippen LogP contribution is -2.46. The van der Waals surface area contributed by atoms with Crippen LogP contribution in [0.5, 0.6) is 0 Å². The highest BCUT2D eigenvalue weighted by molar-refractivity contribution is 5.84. The molecule has 5 N–H and O–H groups in total. The molecule has 7 nitrogen and oxygen atoms in total. The van der Waals surface area contributed by atoms with E-state index in [1.807, 2.05) is 0 Å². The molecule has 0 aliphatic heterocycles. The molecule has 0 heterocycles. The third kappa shape index (κ3) is 15.9. The molecule has 0 aliphatic carbocycles. The van der Waals surface area contributed by atoms with Crippen LogP contribution in [0.15, 0.2) is 0 Å². The Balaban J connectivity index is 3.64. The summed E-state index contributed by atoms with van der Waals surface area (Å²) in [6.07, 6.45) is 14.1. The quantitative estimate of drug-likeness (QED) is 0.276. The Hall–Kier alpha value is -1.63. The van der Waals surface area contributed by atoms with Crippen LogP contribution in [-0.2, 0) is 14.4 Å². The van der Waals surface area contributed by atoms with Crippen molar-refractivity contribution in [1.29, 1.82) is 0 Å². The number of primary amides is 1. The minimum absolute atomic E-state index is 0.112. The summed E-state index contributed by atoms with van der Waals surface area (Å²) in [6, 6.07) is -0.552. The Labute approximate surface area is 157 Å². The van der Waals surface area contributed by atoms with Crippen molar-refractivity contribution in [2.24, 2.45) is 5.73 Å². The summed E-state index contributed by atoms with van der Waals surface area (Å²) >= 11 is 0. The van der Waals surface area contributed by atoms with Crippen LogP contribution < -0.4 is 16.4 Å². The molecule has 0 bridgehead atoms. The number of carbonyl (C=O) groups is 3. The molecule has 0 saturated heterocycles. The van der Waals surface area contributed by atoms with Crippen molar-refractivity contribution in [1.82, 2.24) is 10.6 Å². The number of nitrogens with one attached hydrogen (secondary N) is 2. The van der Waals surface area contributed by atoms with Crippen LogP contribution in [0, 0.1) is 0 Å². The lowest BCUT2D eigenvalue weighted by atomic mass is 10.0. The minimum Gasteiger partial charge on any atom is -0.480 e. The summed E-state index contributed by atoms with van der Waals surface area (Å²) in [4.78, 5) is 33.2. The Morgan fingerprint density at radius 1 is 0.846 bits per heavy atom. The first kappa shape index (κ1) is 24.4. The van der Waals surface area contributed by atoms with E-state index in [9.17, 15) is 14.4 Å². The van der Waals surface area contributed by atoms with Gasteiger partial charge in [0.1, 0.15) is 6.54 Å². The molecule has 0 aliphatic rings. The van der Waals surface area contributed by atoms with Gasteiger partial charge in [-0.2, -0.15) is 0 Å². The smallest absolute Gasteiger partial charge is 0.322 e. The van der Waals surface area contributed by atoms with E-state index in [0.717, 1.165) is 19.3 Å². The number of carboxylic acid groups (broad SMARTS) is 1. The lowest BCUT2D eigenvalue weighted by Gasteiger charge is -2.15. The predicted molar refractivity (Wildman–Crippen MR) is 103 cm³/mol. The van der Waals surface area contributed by atoms with E-state index in [1.165, 1.54) is 51.4 Å². The zero-order chi connectivity index (χ0) is 19.6. The monoisotopic (exact) mass is 371 g/mol. The van der Waals surface area contributed by atoms with E-state index in [1.54, 1.807) is 0 Å². The lowest BCUT2D eigenvalue weighted by molar-refractivity contribution is -0.137. The predicted octanol–water partition coefficient (Wildman–Crippen LogP) is 2.33. The molecule has 7 heteroatoms. The topological polar surface area (TPSA) is 122 Å². The van der Waals surface area contributed by atoms with Gasteiger partial charge in [0, 0.05) is 0 Å². The molecule has 0 fully saturated rings. The molecule has 1 unspecified atom stereocenters. The van der Waals surface area contributed by atoms with E-state index in [2.05, 4.69) is 17.6 Å². The Kier molecular flexibility index (Phi) is 15.8. The fourth-order valence-electron chi connectivity index (χ4n) is 2.81. The molecule has 0 radical (unpaired) electrons. The Morgan fingerprint density at radius 3 is 1.81 bits per heavy atom. The number of hydrogen-bond acceptors (Lipinski definition) is 4. The van der Waals surface area contributed by atoms with Crippen LogP contribution in [0.3, 0.4) is 0 Å². The average Bonchev–Trinajstić information content (AvgIpc) is 2.59. The van der Waals surface area contributed by atoms with Gasteiger partial charge >= 0.3 is 5.97 Å². The molecule has 0 aromatic heterocycles. The zero-order valence-corrected chi connectivity index (χ0v) is 16.2.